The molecule has 3 heteroatoms. The van der Waals surface area contributed by atoms with Crippen LogP contribution in [0.5, 0.6) is 0 Å². The number of halogens is 2. The summed E-state index contributed by atoms with van der Waals surface area (Å²) in [5.74, 6) is 1.10. The lowest BCUT2D eigenvalue weighted by Crippen LogP contribution is -2.26. The maximum absolute atomic E-state index is 13.9. The average Bonchev–Trinajstić information content (AvgIpc) is 2.38. The van der Waals surface area contributed by atoms with Gasteiger partial charge in [-0.25, -0.2) is 4.39 Å². The van der Waals surface area contributed by atoms with E-state index in [1.165, 1.54) is 25.3 Å². The Hall–Kier alpha value is -0.410. The fourth-order valence-electron chi connectivity index (χ4n) is 2.98. The van der Waals surface area contributed by atoms with E-state index >= 15 is 0 Å². The predicted molar refractivity (Wildman–Crippen MR) is 76.8 cm³/mol. The van der Waals surface area contributed by atoms with Crippen LogP contribution in [-0.2, 0) is 0 Å². The quantitative estimate of drug-likeness (QED) is 0.852. The van der Waals surface area contributed by atoms with Crippen LogP contribution in [0.25, 0.3) is 0 Å². The molecule has 1 nitrogen and oxygen atoms in total. The summed E-state index contributed by atoms with van der Waals surface area (Å²) < 4.78 is 14.7. The van der Waals surface area contributed by atoms with E-state index in [-0.39, 0.29) is 11.9 Å². The van der Waals surface area contributed by atoms with Crippen molar-refractivity contribution >= 4 is 15.9 Å². The van der Waals surface area contributed by atoms with Gasteiger partial charge in [0.05, 0.1) is 0 Å². The molecule has 100 valence electrons. The molecule has 18 heavy (non-hydrogen) atoms. The Morgan fingerprint density at radius 1 is 1.33 bits per heavy atom. The van der Waals surface area contributed by atoms with Gasteiger partial charge in [0.15, 0.2) is 0 Å². The highest BCUT2D eigenvalue weighted by atomic mass is 79.9. The van der Waals surface area contributed by atoms with Crippen LogP contribution in [-0.4, -0.2) is 0 Å². The molecular formula is C15H21BrFN. The van der Waals surface area contributed by atoms with Gasteiger partial charge in [0.25, 0.3) is 0 Å². The van der Waals surface area contributed by atoms with E-state index in [1.54, 1.807) is 0 Å². The zero-order chi connectivity index (χ0) is 13.1. The molecule has 0 saturated heterocycles. The minimum Gasteiger partial charge on any atom is -0.324 e. The fourth-order valence-corrected chi connectivity index (χ4v) is 3.31. The molecule has 1 atom stereocenters. The van der Waals surface area contributed by atoms with Crippen LogP contribution in [0.4, 0.5) is 4.39 Å². The molecule has 0 radical (unpaired) electrons. The molecule has 1 saturated carbocycles. The molecule has 1 aliphatic carbocycles. The van der Waals surface area contributed by atoms with E-state index in [0.29, 0.717) is 11.5 Å². The molecule has 0 amide bonds. The van der Waals surface area contributed by atoms with Gasteiger partial charge in [-0.1, -0.05) is 48.2 Å². The lowest BCUT2D eigenvalue weighted by Gasteiger charge is -2.32. The number of hydrogen-bond donors (Lipinski definition) is 1. The van der Waals surface area contributed by atoms with Crippen LogP contribution >= 0.6 is 15.9 Å². The molecule has 1 aromatic rings. The molecule has 0 aliphatic heterocycles. The third-order valence-corrected chi connectivity index (χ3v) is 4.79. The van der Waals surface area contributed by atoms with Crippen molar-refractivity contribution in [3.8, 4) is 0 Å². The number of hydrogen-bond acceptors (Lipinski definition) is 1. The maximum atomic E-state index is 13.9. The number of nitrogens with two attached hydrogens (primary N) is 1. The van der Waals surface area contributed by atoms with E-state index in [9.17, 15) is 4.39 Å². The largest absolute Gasteiger partial charge is 0.324 e. The highest BCUT2D eigenvalue weighted by molar-refractivity contribution is 9.10. The predicted octanol–water partition coefficient (Wildman–Crippen LogP) is 4.80. The van der Waals surface area contributed by atoms with E-state index in [1.807, 2.05) is 12.1 Å². The van der Waals surface area contributed by atoms with E-state index in [4.69, 9.17) is 5.73 Å². The van der Waals surface area contributed by atoms with E-state index in [2.05, 4.69) is 22.9 Å². The Balaban J connectivity index is 2.05. The Morgan fingerprint density at radius 3 is 2.56 bits per heavy atom. The van der Waals surface area contributed by atoms with Gasteiger partial charge in [-0.05, 0) is 36.8 Å². The number of benzene rings is 1. The zero-order valence-corrected chi connectivity index (χ0v) is 12.4. The second-order valence-corrected chi connectivity index (χ2v) is 6.30. The van der Waals surface area contributed by atoms with Crippen molar-refractivity contribution < 1.29 is 4.39 Å². The summed E-state index contributed by atoms with van der Waals surface area (Å²) in [5, 5.41) is 0. The average molecular weight is 314 g/mol. The van der Waals surface area contributed by atoms with Crippen molar-refractivity contribution in [3.05, 3.63) is 34.1 Å². The molecule has 0 spiro atoms. The monoisotopic (exact) mass is 313 g/mol. The van der Waals surface area contributed by atoms with Crippen molar-refractivity contribution in [1.29, 1.82) is 0 Å². The molecule has 2 N–H and O–H groups in total. The third kappa shape index (κ3) is 3.12. The minimum absolute atomic E-state index is 0.157. The molecule has 0 aromatic heterocycles. The van der Waals surface area contributed by atoms with Crippen LogP contribution in [0.3, 0.4) is 0 Å². The minimum atomic E-state index is -0.186. The Morgan fingerprint density at radius 2 is 2.00 bits per heavy atom. The number of rotatable bonds is 3. The first-order chi connectivity index (χ1) is 8.61. The van der Waals surface area contributed by atoms with Gasteiger partial charge in [-0.15, -0.1) is 0 Å². The van der Waals surface area contributed by atoms with Crippen molar-refractivity contribution in [1.82, 2.24) is 0 Å². The summed E-state index contributed by atoms with van der Waals surface area (Å²) in [6, 6.07) is 5.04. The van der Waals surface area contributed by atoms with Gasteiger partial charge in [0.2, 0.25) is 0 Å². The van der Waals surface area contributed by atoms with Crippen LogP contribution in [0, 0.1) is 17.7 Å². The fraction of sp³-hybridized carbons (Fsp3) is 0.600. The molecule has 2 rings (SSSR count). The summed E-state index contributed by atoms with van der Waals surface area (Å²) in [4.78, 5) is 0. The topological polar surface area (TPSA) is 26.0 Å². The molecule has 1 aliphatic rings. The molecule has 0 bridgehead atoms. The highest BCUT2D eigenvalue weighted by Crippen LogP contribution is 2.37. The lowest BCUT2D eigenvalue weighted by atomic mass is 9.76. The molecular weight excluding hydrogens is 293 g/mol. The van der Waals surface area contributed by atoms with Gasteiger partial charge in [-0.3, -0.25) is 0 Å². The third-order valence-electron chi connectivity index (χ3n) is 4.30. The molecule has 1 unspecified atom stereocenters. The normalized spacial score (nSPS) is 26.0. The molecule has 1 aromatic carbocycles. The Bertz CT molecular complexity index is 399. The highest BCUT2D eigenvalue weighted by Gasteiger charge is 2.27. The van der Waals surface area contributed by atoms with Crippen molar-refractivity contribution in [3.63, 3.8) is 0 Å². The van der Waals surface area contributed by atoms with Crippen LogP contribution in [0.1, 0.15) is 50.6 Å². The second kappa shape index (κ2) is 6.16. The first-order valence-electron chi connectivity index (χ1n) is 6.82. The second-order valence-electron chi connectivity index (χ2n) is 5.38. The molecule has 0 heterocycles. The van der Waals surface area contributed by atoms with E-state index in [0.717, 1.165) is 23.2 Å². The smallest absolute Gasteiger partial charge is 0.129 e. The van der Waals surface area contributed by atoms with E-state index < -0.39 is 0 Å². The van der Waals surface area contributed by atoms with Crippen molar-refractivity contribution in [2.24, 2.45) is 17.6 Å². The SMILES string of the molecule is CCC1CCC(C(N)c2ccc(Br)cc2F)CC1. The standard InChI is InChI=1S/C15H21BrFN/c1-2-10-3-5-11(6-4-10)15(18)13-8-7-12(16)9-14(13)17/h7-11,15H,2-6,18H2,1H3. The lowest BCUT2D eigenvalue weighted by molar-refractivity contribution is 0.237. The van der Waals surface area contributed by atoms with Gasteiger partial charge >= 0.3 is 0 Å². The zero-order valence-electron chi connectivity index (χ0n) is 10.8. The van der Waals surface area contributed by atoms with Gasteiger partial charge in [0.1, 0.15) is 5.82 Å². The van der Waals surface area contributed by atoms with Crippen LogP contribution in [0.15, 0.2) is 22.7 Å². The first kappa shape index (κ1) is 14.0. The van der Waals surface area contributed by atoms with Crippen LogP contribution < -0.4 is 5.73 Å². The maximum Gasteiger partial charge on any atom is 0.129 e. The molecule has 1 fully saturated rings. The summed E-state index contributed by atoms with van der Waals surface area (Å²) in [7, 11) is 0. The Labute approximate surface area is 117 Å². The Kier molecular flexibility index (Phi) is 4.79. The van der Waals surface area contributed by atoms with Gasteiger partial charge in [0, 0.05) is 16.1 Å². The van der Waals surface area contributed by atoms with Crippen molar-refractivity contribution in [2.45, 2.75) is 45.1 Å². The first-order valence-corrected chi connectivity index (χ1v) is 7.61. The summed E-state index contributed by atoms with van der Waals surface area (Å²) in [6.07, 6.45) is 6.01. The van der Waals surface area contributed by atoms with Crippen LogP contribution in [0.2, 0.25) is 0 Å². The summed E-state index contributed by atoms with van der Waals surface area (Å²) in [5.41, 5.74) is 6.92. The van der Waals surface area contributed by atoms with Gasteiger partial charge in [-0.2, -0.15) is 0 Å². The van der Waals surface area contributed by atoms with Gasteiger partial charge < -0.3 is 5.73 Å². The summed E-state index contributed by atoms with van der Waals surface area (Å²) in [6.45, 7) is 2.25. The summed E-state index contributed by atoms with van der Waals surface area (Å²) >= 11 is 3.28. The van der Waals surface area contributed by atoms with Crippen molar-refractivity contribution in [2.75, 3.05) is 0 Å².